The van der Waals surface area contributed by atoms with Gasteiger partial charge in [-0.25, -0.2) is 0 Å². The van der Waals surface area contributed by atoms with Crippen LogP contribution in [0.5, 0.6) is 0 Å². The monoisotopic (exact) mass is 315 g/mol. The molecule has 2 aromatic rings. The molecule has 3 rings (SSSR count). The Morgan fingerprint density at radius 3 is 3.13 bits per heavy atom. The number of carbonyl (C=O) groups is 1. The number of nitrogens with one attached hydrogen (secondary N) is 2. The topological polar surface area (TPSA) is 68.4 Å². The first-order valence-electron chi connectivity index (χ1n) is 8.49. The summed E-state index contributed by atoms with van der Waals surface area (Å²) in [6.45, 7) is 3.05. The number of para-hydroxylation sites is 1. The van der Waals surface area contributed by atoms with E-state index in [1.165, 1.54) is 6.42 Å². The van der Waals surface area contributed by atoms with Crippen molar-refractivity contribution in [3.8, 4) is 0 Å². The number of carbonyl (C=O) groups excluding carboxylic acids is 1. The zero-order valence-electron chi connectivity index (χ0n) is 13.4. The van der Waals surface area contributed by atoms with Crippen LogP contribution in [-0.2, 0) is 0 Å². The lowest BCUT2D eigenvalue weighted by Gasteiger charge is -2.22. The predicted molar refractivity (Wildman–Crippen MR) is 91.5 cm³/mol. The van der Waals surface area contributed by atoms with Gasteiger partial charge in [-0.15, -0.1) is 0 Å². The first-order valence-corrected chi connectivity index (χ1v) is 8.49. The van der Waals surface area contributed by atoms with Crippen LogP contribution in [0.3, 0.4) is 0 Å². The Morgan fingerprint density at radius 1 is 1.35 bits per heavy atom. The van der Waals surface area contributed by atoms with Crippen LogP contribution in [0.4, 0.5) is 0 Å². The molecule has 1 aliphatic heterocycles. The van der Waals surface area contributed by atoms with Gasteiger partial charge < -0.3 is 15.4 Å². The van der Waals surface area contributed by atoms with Crippen molar-refractivity contribution in [3.63, 3.8) is 0 Å². The van der Waals surface area contributed by atoms with Gasteiger partial charge in [-0.3, -0.25) is 9.69 Å². The minimum absolute atomic E-state index is 0.0209. The quantitative estimate of drug-likeness (QED) is 0.686. The second kappa shape index (κ2) is 7.62. The number of rotatable bonds is 7. The minimum Gasteiger partial charge on any atom is -0.395 e. The van der Waals surface area contributed by atoms with E-state index in [2.05, 4.69) is 15.2 Å². The molecule has 1 aromatic heterocycles. The fraction of sp³-hybridized carbons (Fsp3) is 0.500. The van der Waals surface area contributed by atoms with E-state index in [0.29, 0.717) is 18.2 Å². The van der Waals surface area contributed by atoms with Crippen LogP contribution in [0.25, 0.3) is 10.9 Å². The third-order valence-corrected chi connectivity index (χ3v) is 4.70. The van der Waals surface area contributed by atoms with Crippen LogP contribution >= 0.6 is 0 Å². The highest BCUT2D eigenvalue weighted by atomic mass is 16.3. The molecule has 0 bridgehead atoms. The van der Waals surface area contributed by atoms with Crippen LogP contribution < -0.4 is 5.32 Å². The zero-order valence-corrected chi connectivity index (χ0v) is 13.4. The van der Waals surface area contributed by atoms with E-state index in [0.717, 1.165) is 43.3 Å². The fourth-order valence-corrected chi connectivity index (χ4v) is 3.41. The molecule has 1 atom stereocenters. The van der Waals surface area contributed by atoms with Gasteiger partial charge in [0.1, 0.15) is 0 Å². The highest BCUT2D eigenvalue weighted by Gasteiger charge is 2.22. The number of amides is 1. The van der Waals surface area contributed by atoms with Crippen molar-refractivity contribution < 1.29 is 9.90 Å². The molecule has 0 aliphatic carbocycles. The number of aromatic amines is 1. The Labute approximate surface area is 136 Å². The molecule has 0 spiro atoms. The molecule has 5 heteroatoms. The van der Waals surface area contributed by atoms with E-state index < -0.39 is 0 Å². The van der Waals surface area contributed by atoms with Crippen molar-refractivity contribution in [2.45, 2.75) is 31.7 Å². The summed E-state index contributed by atoms with van der Waals surface area (Å²) in [6, 6.07) is 8.07. The largest absolute Gasteiger partial charge is 0.395 e. The number of fused-ring (bicyclic) bond motifs is 1. The number of H-pyrrole nitrogens is 1. The van der Waals surface area contributed by atoms with E-state index in [-0.39, 0.29) is 12.5 Å². The molecule has 1 unspecified atom stereocenters. The summed E-state index contributed by atoms with van der Waals surface area (Å²) in [7, 11) is 0. The summed E-state index contributed by atoms with van der Waals surface area (Å²) in [5.41, 5.74) is 1.60. The Bertz CT molecular complexity index is 653. The van der Waals surface area contributed by atoms with Crippen molar-refractivity contribution in [1.29, 1.82) is 0 Å². The lowest BCUT2D eigenvalue weighted by Crippen LogP contribution is -2.33. The van der Waals surface area contributed by atoms with E-state index in [4.69, 9.17) is 0 Å². The lowest BCUT2D eigenvalue weighted by molar-refractivity contribution is 0.0953. The maximum atomic E-state index is 12.3. The molecule has 124 valence electrons. The molecule has 1 saturated heterocycles. The Kier molecular flexibility index (Phi) is 5.31. The summed E-state index contributed by atoms with van der Waals surface area (Å²) in [4.78, 5) is 17.8. The average Bonchev–Trinajstić information content (AvgIpc) is 3.22. The molecule has 2 heterocycles. The number of hydrogen-bond donors (Lipinski definition) is 3. The number of hydrogen-bond acceptors (Lipinski definition) is 3. The van der Waals surface area contributed by atoms with Gasteiger partial charge in [0.2, 0.25) is 0 Å². The van der Waals surface area contributed by atoms with Crippen LogP contribution in [-0.4, -0.2) is 53.2 Å². The predicted octanol–water partition coefficient (Wildman–Crippen LogP) is 2.13. The van der Waals surface area contributed by atoms with Gasteiger partial charge >= 0.3 is 0 Å². The average molecular weight is 315 g/mol. The highest BCUT2D eigenvalue weighted by molar-refractivity contribution is 6.05. The van der Waals surface area contributed by atoms with Gasteiger partial charge in [-0.1, -0.05) is 12.1 Å². The molecule has 1 fully saturated rings. The number of unbranched alkanes of at least 4 members (excludes halogenated alkanes) is 1. The van der Waals surface area contributed by atoms with E-state index in [9.17, 15) is 9.90 Å². The van der Waals surface area contributed by atoms with Crippen LogP contribution in [0.1, 0.15) is 36.0 Å². The van der Waals surface area contributed by atoms with Gasteiger partial charge in [0.15, 0.2) is 0 Å². The number of likely N-dealkylation sites (tertiary alicyclic amines) is 1. The number of nitrogens with zero attached hydrogens (tertiary/aromatic N) is 1. The molecule has 0 radical (unpaired) electrons. The zero-order chi connectivity index (χ0) is 16.1. The lowest BCUT2D eigenvalue weighted by atomic mass is 10.1. The molecular weight excluding hydrogens is 290 g/mol. The first-order chi connectivity index (χ1) is 11.3. The van der Waals surface area contributed by atoms with Gasteiger partial charge in [-0.05, 0) is 50.9 Å². The molecule has 1 aliphatic rings. The van der Waals surface area contributed by atoms with Crippen LogP contribution in [0, 0.1) is 0 Å². The van der Waals surface area contributed by atoms with Crippen LogP contribution in [0.15, 0.2) is 30.5 Å². The first kappa shape index (κ1) is 16.0. The third-order valence-electron chi connectivity index (χ3n) is 4.70. The van der Waals surface area contributed by atoms with Crippen molar-refractivity contribution in [3.05, 3.63) is 36.0 Å². The molecule has 23 heavy (non-hydrogen) atoms. The highest BCUT2D eigenvalue weighted by Crippen LogP contribution is 2.18. The maximum absolute atomic E-state index is 12.3. The van der Waals surface area contributed by atoms with E-state index in [1.54, 1.807) is 0 Å². The van der Waals surface area contributed by atoms with Gasteiger partial charge in [0.25, 0.3) is 5.91 Å². The summed E-state index contributed by atoms with van der Waals surface area (Å²) in [5, 5.41) is 13.4. The van der Waals surface area contributed by atoms with Crippen molar-refractivity contribution >= 4 is 16.8 Å². The second-order valence-corrected chi connectivity index (χ2v) is 6.23. The number of benzene rings is 1. The van der Waals surface area contributed by atoms with Crippen molar-refractivity contribution in [2.24, 2.45) is 0 Å². The Balaban J connectivity index is 1.42. The normalized spacial score (nSPS) is 18.6. The number of aliphatic hydroxyl groups is 1. The maximum Gasteiger partial charge on any atom is 0.253 e. The van der Waals surface area contributed by atoms with Crippen molar-refractivity contribution in [2.75, 3.05) is 26.2 Å². The molecule has 1 aromatic carbocycles. The second-order valence-electron chi connectivity index (χ2n) is 6.23. The molecule has 5 nitrogen and oxygen atoms in total. The third kappa shape index (κ3) is 3.74. The SMILES string of the molecule is O=C(NCCCCN1CCCC1CO)c1cccc2cc[nH]c12. The summed E-state index contributed by atoms with van der Waals surface area (Å²) in [5.74, 6) is -0.0209. The molecule has 3 N–H and O–H groups in total. The Morgan fingerprint density at radius 2 is 2.26 bits per heavy atom. The summed E-state index contributed by atoms with van der Waals surface area (Å²) >= 11 is 0. The Hall–Kier alpha value is -1.85. The summed E-state index contributed by atoms with van der Waals surface area (Å²) < 4.78 is 0. The van der Waals surface area contributed by atoms with E-state index >= 15 is 0 Å². The number of aromatic nitrogens is 1. The summed E-state index contributed by atoms with van der Waals surface area (Å²) in [6.07, 6.45) is 6.15. The van der Waals surface area contributed by atoms with Crippen molar-refractivity contribution in [1.82, 2.24) is 15.2 Å². The fourth-order valence-electron chi connectivity index (χ4n) is 3.41. The standard InChI is InChI=1S/C18H25N3O2/c22-13-15-6-4-12-21(15)11-2-1-9-20-18(23)16-7-3-5-14-8-10-19-17(14)16/h3,5,7-8,10,15,19,22H,1-2,4,6,9,11-13H2,(H,20,23). The van der Waals surface area contributed by atoms with Gasteiger partial charge in [0.05, 0.1) is 17.7 Å². The van der Waals surface area contributed by atoms with Gasteiger partial charge in [-0.2, -0.15) is 0 Å². The molecule has 1 amide bonds. The molecule has 0 saturated carbocycles. The van der Waals surface area contributed by atoms with Gasteiger partial charge in [0, 0.05) is 24.2 Å². The molecular formula is C18H25N3O2. The smallest absolute Gasteiger partial charge is 0.253 e. The minimum atomic E-state index is -0.0209. The van der Waals surface area contributed by atoms with E-state index in [1.807, 2.05) is 30.5 Å². The number of aliphatic hydroxyl groups excluding tert-OH is 1. The van der Waals surface area contributed by atoms with Crippen LogP contribution in [0.2, 0.25) is 0 Å².